The molecule has 0 aromatic heterocycles. The molecule has 0 amide bonds. The van der Waals surface area contributed by atoms with Crippen LogP contribution in [0, 0.1) is 5.92 Å². The predicted molar refractivity (Wildman–Crippen MR) is 128 cm³/mol. The van der Waals surface area contributed by atoms with Gasteiger partial charge in [-0.25, -0.2) is 4.99 Å². The van der Waals surface area contributed by atoms with Crippen molar-refractivity contribution in [1.29, 1.82) is 0 Å². The number of nitrogens with one attached hydrogen (secondary N) is 2. The lowest BCUT2D eigenvalue weighted by molar-refractivity contribution is 0.108. The molecule has 1 aliphatic rings. The lowest BCUT2D eigenvalue weighted by atomic mass is 10.1. The summed E-state index contributed by atoms with van der Waals surface area (Å²) in [6.45, 7) is 13.9. The van der Waals surface area contributed by atoms with Crippen LogP contribution < -0.4 is 15.5 Å². The summed E-state index contributed by atoms with van der Waals surface area (Å²) in [5.74, 6) is 1.45. The third-order valence-corrected chi connectivity index (χ3v) is 4.30. The van der Waals surface area contributed by atoms with E-state index in [2.05, 4.69) is 60.6 Å². The maximum Gasteiger partial charge on any atom is 0.191 e. The van der Waals surface area contributed by atoms with E-state index in [1.807, 2.05) is 0 Å². The van der Waals surface area contributed by atoms with Crippen molar-refractivity contribution in [2.24, 2.45) is 10.9 Å². The maximum atomic E-state index is 5.63. The molecular weight excluding hydrogens is 467 g/mol. The molecule has 1 aliphatic heterocycles. The Balaban J connectivity index is 0.00000392. The molecule has 0 radical (unpaired) electrons. The summed E-state index contributed by atoms with van der Waals surface area (Å²) in [5.41, 5.74) is 2.51. The Labute approximate surface area is 187 Å². The minimum absolute atomic E-state index is 0. The molecule has 0 saturated carbocycles. The lowest BCUT2D eigenvalue weighted by Gasteiger charge is -2.30. The molecule has 1 aromatic rings. The van der Waals surface area contributed by atoms with E-state index in [9.17, 15) is 0 Å². The number of rotatable bonds is 10. The lowest BCUT2D eigenvalue weighted by Crippen LogP contribution is -2.38. The number of hydrogen-bond acceptors (Lipinski definition) is 4. The van der Waals surface area contributed by atoms with Gasteiger partial charge in [-0.15, -0.1) is 24.0 Å². The number of halogens is 1. The van der Waals surface area contributed by atoms with Gasteiger partial charge in [-0.2, -0.15) is 0 Å². The molecule has 0 bridgehead atoms. The number of benzene rings is 1. The Morgan fingerprint density at radius 2 is 1.96 bits per heavy atom. The van der Waals surface area contributed by atoms with Crippen LogP contribution in [0.3, 0.4) is 0 Å². The molecular formula is C21H37IN4O2. The van der Waals surface area contributed by atoms with Gasteiger partial charge in [0.1, 0.15) is 0 Å². The van der Waals surface area contributed by atoms with Gasteiger partial charge in [0.15, 0.2) is 5.96 Å². The highest BCUT2D eigenvalue weighted by Gasteiger charge is 2.14. The van der Waals surface area contributed by atoms with Gasteiger partial charge in [0.2, 0.25) is 0 Å². The van der Waals surface area contributed by atoms with Gasteiger partial charge in [-0.1, -0.05) is 32.0 Å². The fraction of sp³-hybridized carbons (Fsp3) is 0.667. The Morgan fingerprint density at radius 3 is 2.68 bits per heavy atom. The Bertz CT molecular complexity index is 563. The van der Waals surface area contributed by atoms with Gasteiger partial charge >= 0.3 is 0 Å². The Hall–Kier alpha value is -1.06. The first-order chi connectivity index (χ1) is 13.2. The molecule has 28 heavy (non-hydrogen) atoms. The van der Waals surface area contributed by atoms with Crippen molar-refractivity contribution < 1.29 is 9.47 Å². The first kappa shape index (κ1) is 25.0. The second-order valence-corrected chi connectivity index (χ2v) is 7.17. The van der Waals surface area contributed by atoms with E-state index in [1.54, 1.807) is 0 Å². The molecule has 2 rings (SSSR count). The van der Waals surface area contributed by atoms with Crippen LogP contribution in [0.1, 0.15) is 32.8 Å². The van der Waals surface area contributed by atoms with Crippen molar-refractivity contribution in [1.82, 2.24) is 10.6 Å². The molecule has 160 valence electrons. The number of ether oxygens (including phenoxy) is 2. The SMILES string of the molecule is CCNC(=NCc1ccccc1N1CCOCC1)NCCCOCC(C)C.I. The van der Waals surface area contributed by atoms with Crippen LogP contribution in [0.15, 0.2) is 29.3 Å². The highest BCUT2D eigenvalue weighted by Crippen LogP contribution is 2.22. The molecule has 1 fully saturated rings. The number of morpholine rings is 1. The molecule has 2 N–H and O–H groups in total. The molecule has 1 saturated heterocycles. The van der Waals surface area contributed by atoms with Crippen LogP contribution in [0.2, 0.25) is 0 Å². The molecule has 0 aliphatic carbocycles. The first-order valence-corrected chi connectivity index (χ1v) is 10.2. The zero-order valence-corrected chi connectivity index (χ0v) is 19.9. The second-order valence-electron chi connectivity index (χ2n) is 7.17. The van der Waals surface area contributed by atoms with E-state index >= 15 is 0 Å². The number of aliphatic imine (C=N–C) groups is 1. The van der Waals surface area contributed by atoms with Crippen molar-refractivity contribution in [2.75, 3.05) is 57.5 Å². The average Bonchev–Trinajstić information content (AvgIpc) is 2.69. The van der Waals surface area contributed by atoms with E-state index in [0.29, 0.717) is 12.5 Å². The number of hydrogen-bond donors (Lipinski definition) is 2. The summed E-state index contributed by atoms with van der Waals surface area (Å²) in [6, 6.07) is 8.53. The largest absolute Gasteiger partial charge is 0.381 e. The molecule has 0 atom stereocenters. The molecule has 0 spiro atoms. The first-order valence-electron chi connectivity index (χ1n) is 10.2. The quantitative estimate of drug-likeness (QED) is 0.222. The van der Waals surface area contributed by atoms with E-state index in [1.165, 1.54) is 11.3 Å². The van der Waals surface area contributed by atoms with Crippen molar-refractivity contribution in [3.05, 3.63) is 29.8 Å². The number of nitrogens with zero attached hydrogens (tertiary/aromatic N) is 2. The average molecular weight is 504 g/mol. The van der Waals surface area contributed by atoms with Gasteiger partial charge in [0, 0.05) is 45.1 Å². The third-order valence-electron chi connectivity index (χ3n) is 4.30. The van der Waals surface area contributed by atoms with Gasteiger partial charge in [0.25, 0.3) is 0 Å². The Kier molecular flexibility index (Phi) is 13.3. The monoisotopic (exact) mass is 504 g/mol. The minimum Gasteiger partial charge on any atom is -0.381 e. The summed E-state index contributed by atoms with van der Waals surface area (Å²) in [7, 11) is 0. The van der Waals surface area contributed by atoms with Gasteiger partial charge < -0.3 is 25.0 Å². The second kappa shape index (κ2) is 14.9. The van der Waals surface area contributed by atoms with Gasteiger partial charge in [-0.05, 0) is 30.9 Å². The third kappa shape index (κ3) is 9.43. The van der Waals surface area contributed by atoms with Crippen LogP contribution in [0.5, 0.6) is 0 Å². The molecule has 0 unspecified atom stereocenters. The van der Waals surface area contributed by atoms with Gasteiger partial charge in [-0.3, -0.25) is 0 Å². The van der Waals surface area contributed by atoms with Crippen molar-refractivity contribution in [2.45, 2.75) is 33.7 Å². The van der Waals surface area contributed by atoms with Crippen LogP contribution in [0.25, 0.3) is 0 Å². The van der Waals surface area contributed by atoms with Crippen LogP contribution >= 0.6 is 24.0 Å². The summed E-state index contributed by atoms with van der Waals surface area (Å²) >= 11 is 0. The van der Waals surface area contributed by atoms with Crippen molar-refractivity contribution >= 4 is 35.6 Å². The van der Waals surface area contributed by atoms with E-state index in [0.717, 1.165) is 65.0 Å². The van der Waals surface area contributed by atoms with Crippen LogP contribution in [-0.4, -0.2) is 58.6 Å². The molecule has 1 heterocycles. The molecule has 6 nitrogen and oxygen atoms in total. The van der Waals surface area contributed by atoms with E-state index in [-0.39, 0.29) is 24.0 Å². The normalized spacial score (nSPS) is 14.7. The summed E-state index contributed by atoms with van der Waals surface area (Å²) in [4.78, 5) is 7.17. The number of guanidine groups is 1. The minimum atomic E-state index is 0. The molecule has 1 aromatic carbocycles. The highest BCUT2D eigenvalue weighted by atomic mass is 127. The van der Waals surface area contributed by atoms with E-state index < -0.39 is 0 Å². The zero-order chi connectivity index (χ0) is 19.3. The fourth-order valence-electron chi connectivity index (χ4n) is 2.96. The topological polar surface area (TPSA) is 58.1 Å². The maximum absolute atomic E-state index is 5.63. The molecule has 7 heteroatoms. The van der Waals surface area contributed by atoms with Crippen LogP contribution in [0.4, 0.5) is 5.69 Å². The number of anilines is 1. The zero-order valence-electron chi connectivity index (χ0n) is 17.6. The predicted octanol–water partition coefficient (Wildman–Crippen LogP) is 3.26. The van der Waals surface area contributed by atoms with Gasteiger partial charge in [0.05, 0.1) is 19.8 Å². The number of para-hydroxylation sites is 1. The standard InChI is InChI=1S/C21H36N4O2.HI/c1-4-22-21(23-10-7-13-27-17-18(2)3)24-16-19-8-5-6-9-20(19)25-11-14-26-15-12-25;/h5-6,8-9,18H,4,7,10-17H2,1-3H3,(H2,22,23,24);1H. The smallest absolute Gasteiger partial charge is 0.191 e. The van der Waals surface area contributed by atoms with E-state index in [4.69, 9.17) is 14.5 Å². The highest BCUT2D eigenvalue weighted by molar-refractivity contribution is 14.0. The van der Waals surface area contributed by atoms with Crippen LogP contribution in [-0.2, 0) is 16.0 Å². The fourth-order valence-corrected chi connectivity index (χ4v) is 2.96. The van der Waals surface area contributed by atoms with Crippen molar-refractivity contribution in [3.63, 3.8) is 0 Å². The Morgan fingerprint density at radius 1 is 1.21 bits per heavy atom. The van der Waals surface area contributed by atoms with Crippen molar-refractivity contribution in [3.8, 4) is 0 Å². The summed E-state index contributed by atoms with van der Waals surface area (Å²) in [5, 5.41) is 6.73. The summed E-state index contributed by atoms with van der Waals surface area (Å²) < 4.78 is 11.1. The summed E-state index contributed by atoms with van der Waals surface area (Å²) in [6.07, 6.45) is 0.974.